The van der Waals surface area contributed by atoms with Crippen LogP contribution in [0.2, 0.25) is 0 Å². The SMILES string of the molecule is COc1cc(OC2C(C)(C)C(NC(=O)c3c(C)nc(C(C)C)nc3C)C2(C)C)ccc1C#N.[HH]. The van der Waals surface area contributed by atoms with Crippen LogP contribution in [0.4, 0.5) is 0 Å². The van der Waals surface area contributed by atoms with E-state index >= 15 is 0 Å². The van der Waals surface area contributed by atoms with Crippen LogP contribution in [0, 0.1) is 36.0 Å². The predicted octanol–water partition coefficient (Wildman–Crippen LogP) is 4.96. The monoisotopic (exact) mass is 452 g/mol. The number of nitriles is 1. The van der Waals surface area contributed by atoms with Crippen LogP contribution in [-0.2, 0) is 0 Å². The Bertz CT molecular complexity index is 1080. The Balaban J connectivity index is 0.00000408. The molecule has 1 heterocycles. The van der Waals surface area contributed by atoms with Gasteiger partial charge in [-0.3, -0.25) is 4.79 Å². The van der Waals surface area contributed by atoms with Crippen LogP contribution in [0.5, 0.6) is 11.5 Å². The number of amides is 1. The number of nitrogens with one attached hydrogen (secondary N) is 1. The minimum absolute atomic E-state index is 0. The molecule has 1 amide bonds. The smallest absolute Gasteiger partial charge is 0.255 e. The molecule has 7 heteroatoms. The molecule has 1 N–H and O–H groups in total. The summed E-state index contributed by atoms with van der Waals surface area (Å²) in [5.41, 5.74) is 1.71. The second-order valence-electron chi connectivity index (χ2n) is 10.3. The minimum Gasteiger partial charge on any atom is -0.495 e. The molecule has 1 aromatic carbocycles. The van der Waals surface area contributed by atoms with E-state index in [2.05, 4.69) is 49.0 Å². The van der Waals surface area contributed by atoms with Gasteiger partial charge in [0.1, 0.15) is 29.5 Å². The van der Waals surface area contributed by atoms with Gasteiger partial charge in [-0.1, -0.05) is 41.5 Å². The summed E-state index contributed by atoms with van der Waals surface area (Å²) in [7, 11) is 1.53. The fourth-order valence-electron chi connectivity index (χ4n) is 5.31. The molecule has 7 nitrogen and oxygen atoms in total. The number of ether oxygens (including phenoxy) is 2. The molecule has 0 unspecified atom stereocenters. The van der Waals surface area contributed by atoms with E-state index in [1.165, 1.54) is 7.11 Å². The fourth-order valence-corrected chi connectivity index (χ4v) is 5.31. The maximum atomic E-state index is 13.3. The number of rotatable bonds is 6. The fraction of sp³-hybridized carbons (Fsp3) is 0.538. The van der Waals surface area contributed by atoms with Gasteiger partial charge in [-0.2, -0.15) is 5.26 Å². The average Bonchev–Trinajstić information content (AvgIpc) is 2.74. The first kappa shape index (κ1) is 24.5. The third kappa shape index (κ3) is 4.27. The summed E-state index contributed by atoms with van der Waals surface area (Å²) < 4.78 is 11.7. The summed E-state index contributed by atoms with van der Waals surface area (Å²) in [4.78, 5) is 22.4. The van der Waals surface area contributed by atoms with Gasteiger partial charge < -0.3 is 14.8 Å². The van der Waals surface area contributed by atoms with Gasteiger partial charge >= 0.3 is 0 Å². The summed E-state index contributed by atoms with van der Waals surface area (Å²) in [5, 5.41) is 12.5. The highest BCUT2D eigenvalue weighted by molar-refractivity contribution is 5.96. The standard InChI is InChI=1S/C26H34N4O3.H2/c1-14(2)21-28-15(3)20(16(4)29-21)22(31)30-23-25(5,6)24(26(23,7)8)33-18-11-10-17(13-27)19(12-18)32-9;/h10-12,14,23-24H,1-9H3,(H,30,31);1H. The molecule has 1 aromatic heterocycles. The molecule has 1 aliphatic carbocycles. The number of hydrogen-bond donors (Lipinski definition) is 1. The van der Waals surface area contributed by atoms with E-state index in [-0.39, 0.29) is 36.2 Å². The molecule has 0 spiro atoms. The second kappa shape index (κ2) is 8.66. The molecule has 178 valence electrons. The van der Waals surface area contributed by atoms with Crippen LogP contribution >= 0.6 is 0 Å². The Kier molecular flexibility index (Phi) is 6.43. The molecule has 0 saturated heterocycles. The lowest BCUT2D eigenvalue weighted by atomic mass is 9.49. The molecular formula is C26H36N4O3. The highest BCUT2D eigenvalue weighted by Crippen LogP contribution is 2.55. The molecule has 0 atom stereocenters. The van der Waals surface area contributed by atoms with Gasteiger partial charge in [0.15, 0.2) is 0 Å². The number of benzene rings is 1. The molecule has 0 bridgehead atoms. The molecule has 0 aliphatic heterocycles. The van der Waals surface area contributed by atoms with Crippen molar-refractivity contribution >= 4 is 5.91 Å². The first-order valence-corrected chi connectivity index (χ1v) is 11.2. The van der Waals surface area contributed by atoms with Gasteiger partial charge in [-0.25, -0.2) is 9.97 Å². The maximum Gasteiger partial charge on any atom is 0.255 e. The van der Waals surface area contributed by atoms with Gasteiger partial charge in [-0.05, 0) is 26.0 Å². The summed E-state index contributed by atoms with van der Waals surface area (Å²) >= 11 is 0. The first-order chi connectivity index (χ1) is 15.3. The van der Waals surface area contributed by atoms with Crippen LogP contribution in [0.15, 0.2) is 18.2 Å². The molecular weight excluding hydrogens is 416 g/mol. The Hall–Kier alpha value is -3.14. The second-order valence-corrected chi connectivity index (χ2v) is 10.3. The molecule has 0 radical (unpaired) electrons. The normalized spacial score (nSPS) is 20.5. The van der Waals surface area contributed by atoms with E-state index in [1.807, 2.05) is 27.7 Å². The van der Waals surface area contributed by atoms with Crippen LogP contribution in [0.3, 0.4) is 0 Å². The lowest BCUT2D eigenvalue weighted by molar-refractivity contribution is -0.164. The van der Waals surface area contributed by atoms with Crippen molar-refractivity contribution < 1.29 is 15.7 Å². The zero-order chi connectivity index (χ0) is 24.7. The number of nitrogens with zero attached hydrogens (tertiary/aromatic N) is 3. The van der Waals surface area contributed by atoms with E-state index in [9.17, 15) is 10.1 Å². The lowest BCUT2D eigenvalue weighted by Gasteiger charge is -2.63. The average molecular weight is 453 g/mol. The van der Waals surface area contributed by atoms with E-state index in [0.717, 1.165) is 5.82 Å². The number of aryl methyl sites for hydroxylation is 2. The van der Waals surface area contributed by atoms with Crippen LogP contribution in [0.1, 0.15) is 82.0 Å². The van der Waals surface area contributed by atoms with Gasteiger partial charge in [0, 0.05) is 30.3 Å². The molecule has 1 fully saturated rings. The van der Waals surface area contributed by atoms with E-state index in [1.54, 1.807) is 18.2 Å². The van der Waals surface area contributed by atoms with Crippen molar-refractivity contribution in [2.75, 3.05) is 7.11 Å². The third-order valence-corrected chi connectivity index (χ3v) is 6.69. The summed E-state index contributed by atoms with van der Waals surface area (Å²) in [6.07, 6.45) is -0.158. The van der Waals surface area contributed by atoms with Gasteiger partial charge in [0.25, 0.3) is 5.91 Å². The van der Waals surface area contributed by atoms with Gasteiger partial charge in [0.05, 0.1) is 29.6 Å². The Labute approximate surface area is 198 Å². The number of aromatic nitrogens is 2. The Morgan fingerprint density at radius 2 is 1.73 bits per heavy atom. The van der Waals surface area contributed by atoms with Crippen LogP contribution < -0.4 is 14.8 Å². The molecule has 3 rings (SSSR count). The van der Waals surface area contributed by atoms with Crippen molar-refractivity contribution in [1.29, 1.82) is 5.26 Å². The van der Waals surface area contributed by atoms with Crippen molar-refractivity contribution in [3.8, 4) is 17.6 Å². The molecule has 1 saturated carbocycles. The summed E-state index contributed by atoms with van der Waals surface area (Å²) in [5.74, 6) is 1.89. The highest BCUT2D eigenvalue weighted by atomic mass is 16.5. The zero-order valence-corrected chi connectivity index (χ0v) is 21.0. The highest BCUT2D eigenvalue weighted by Gasteiger charge is 2.64. The lowest BCUT2D eigenvalue weighted by Crippen LogP contribution is -2.74. The van der Waals surface area contributed by atoms with Crippen molar-refractivity contribution in [2.24, 2.45) is 10.8 Å². The zero-order valence-electron chi connectivity index (χ0n) is 21.0. The Morgan fingerprint density at radius 1 is 1.15 bits per heavy atom. The van der Waals surface area contributed by atoms with Crippen LogP contribution in [-0.4, -0.2) is 35.1 Å². The van der Waals surface area contributed by atoms with Crippen molar-refractivity contribution in [2.45, 2.75) is 73.5 Å². The van der Waals surface area contributed by atoms with E-state index in [0.29, 0.717) is 34.0 Å². The molecule has 1 aliphatic rings. The summed E-state index contributed by atoms with van der Waals surface area (Å²) in [6.45, 7) is 16.2. The van der Waals surface area contributed by atoms with Gasteiger partial charge in [-0.15, -0.1) is 0 Å². The van der Waals surface area contributed by atoms with Gasteiger partial charge in [0.2, 0.25) is 0 Å². The van der Waals surface area contributed by atoms with E-state index < -0.39 is 0 Å². The minimum atomic E-state index is -0.333. The maximum absolute atomic E-state index is 13.3. The Morgan fingerprint density at radius 3 is 2.21 bits per heavy atom. The number of methoxy groups -OCH3 is 1. The third-order valence-electron chi connectivity index (χ3n) is 6.69. The first-order valence-electron chi connectivity index (χ1n) is 11.2. The largest absolute Gasteiger partial charge is 0.495 e. The van der Waals surface area contributed by atoms with Crippen molar-refractivity contribution in [3.63, 3.8) is 0 Å². The topological polar surface area (TPSA) is 97.1 Å². The van der Waals surface area contributed by atoms with Crippen LogP contribution in [0.25, 0.3) is 0 Å². The molecule has 33 heavy (non-hydrogen) atoms. The van der Waals surface area contributed by atoms with Crippen molar-refractivity contribution in [3.05, 3.63) is 46.5 Å². The van der Waals surface area contributed by atoms with E-state index in [4.69, 9.17) is 9.47 Å². The summed E-state index contributed by atoms with van der Waals surface area (Å²) in [6, 6.07) is 7.20. The van der Waals surface area contributed by atoms with Crippen molar-refractivity contribution in [1.82, 2.24) is 15.3 Å². The quantitative estimate of drug-likeness (QED) is 0.666. The predicted molar refractivity (Wildman–Crippen MR) is 129 cm³/mol. The number of hydrogen-bond acceptors (Lipinski definition) is 6. The number of carbonyl (C=O) groups excluding carboxylic acids is 1. The number of carbonyl (C=O) groups is 1. The molecule has 2 aromatic rings.